The Kier molecular flexibility index (Phi) is 6.64. The molecule has 0 atom stereocenters. The normalized spacial score (nSPS) is 12.1. The average Bonchev–Trinajstić information content (AvgIpc) is 2.54. The summed E-state index contributed by atoms with van der Waals surface area (Å²) in [7, 11) is 0.000943. The van der Waals surface area contributed by atoms with E-state index in [1.807, 2.05) is 19.0 Å². The predicted molar refractivity (Wildman–Crippen MR) is 94.4 cm³/mol. The molecule has 0 spiro atoms. The van der Waals surface area contributed by atoms with Crippen LogP contribution in [-0.4, -0.2) is 44.8 Å². The van der Waals surface area contributed by atoms with Crippen molar-refractivity contribution < 1.29 is 17.2 Å². The van der Waals surface area contributed by atoms with Crippen LogP contribution in [0.2, 0.25) is 0 Å². The van der Waals surface area contributed by atoms with E-state index in [0.29, 0.717) is 17.7 Å². The second-order valence-electron chi connectivity index (χ2n) is 6.11. The average molecular weight is 368 g/mol. The highest BCUT2D eigenvalue weighted by molar-refractivity contribution is 7.88. The van der Waals surface area contributed by atoms with Gasteiger partial charge in [-0.1, -0.05) is 30.3 Å². The minimum absolute atomic E-state index is 0.0377. The predicted octanol–water partition coefficient (Wildman–Crippen LogP) is 2.86. The molecule has 0 aliphatic carbocycles. The molecule has 2 rings (SSSR count). The van der Waals surface area contributed by atoms with E-state index in [2.05, 4.69) is 0 Å². The summed E-state index contributed by atoms with van der Waals surface area (Å²) in [5.74, 6) is -1.11. The summed E-state index contributed by atoms with van der Waals surface area (Å²) in [6.45, 7) is 0.714. The lowest BCUT2D eigenvalue weighted by Crippen LogP contribution is -2.37. The second kappa shape index (κ2) is 8.51. The molecule has 0 aliphatic heterocycles. The summed E-state index contributed by atoms with van der Waals surface area (Å²) in [4.78, 5) is 1.86. The van der Waals surface area contributed by atoms with Crippen molar-refractivity contribution in [2.24, 2.45) is 0 Å². The van der Waals surface area contributed by atoms with Crippen molar-refractivity contribution in [1.82, 2.24) is 9.21 Å². The van der Waals surface area contributed by atoms with E-state index in [4.69, 9.17) is 0 Å². The third kappa shape index (κ3) is 5.88. The van der Waals surface area contributed by atoms with Crippen LogP contribution < -0.4 is 0 Å². The lowest BCUT2D eigenvalue weighted by Gasteiger charge is -2.24. The number of sulfonamides is 1. The summed E-state index contributed by atoms with van der Waals surface area (Å²) in [6.07, 6.45) is 0. The molecule has 0 aromatic heterocycles. The van der Waals surface area contributed by atoms with Gasteiger partial charge in [0.1, 0.15) is 11.6 Å². The number of likely N-dealkylation sites (N-methyl/N-ethyl adjacent to an activating group) is 1. The van der Waals surface area contributed by atoms with Gasteiger partial charge in [-0.3, -0.25) is 0 Å². The molecule has 2 aromatic carbocycles. The first-order chi connectivity index (χ1) is 11.8. The lowest BCUT2D eigenvalue weighted by atomic mass is 10.2. The molecule has 0 fully saturated rings. The molecular formula is C18H22F2N2O2S. The number of benzene rings is 2. The zero-order chi connectivity index (χ0) is 18.4. The molecular weight excluding hydrogens is 346 g/mol. The minimum atomic E-state index is -3.68. The van der Waals surface area contributed by atoms with Gasteiger partial charge in [0.05, 0.1) is 5.75 Å². The fourth-order valence-electron chi connectivity index (χ4n) is 2.33. The third-order valence-electron chi connectivity index (χ3n) is 3.76. The first-order valence-electron chi connectivity index (χ1n) is 7.88. The first kappa shape index (κ1) is 19.5. The van der Waals surface area contributed by atoms with Crippen LogP contribution >= 0.6 is 0 Å². The topological polar surface area (TPSA) is 40.6 Å². The van der Waals surface area contributed by atoms with Crippen molar-refractivity contribution in [2.75, 3.05) is 27.2 Å². The van der Waals surface area contributed by atoms with Crippen LogP contribution in [0.25, 0.3) is 0 Å². The van der Waals surface area contributed by atoms with Crippen LogP contribution in [0.4, 0.5) is 8.78 Å². The van der Waals surface area contributed by atoms with Crippen molar-refractivity contribution in [1.29, 1.82) is 0 Å². The highest BCUT2D eigenvalue weighted by atomic mass is 32.2. The fraction of sp³-hybridized carbons (Fsp3) is 0.333. The van der Waals surface area contributed by atoms with Gasteiger partial charge in [0, 0.05) is 25.2 Å². The van der Waals surface area contributed by atoms with Crippen molar-refractivity contribution in [3.8, 4) is 0 Å². The Morgan fingerprint density at radius 2 is 1.56 bits per heavy atom. The van der Waals surface area contributed by atoms with E-state index in [9.17, 15) is 17.2 Å². The van der Waals surface area contributed by atoms with Crippen LogP contribution in [0, 0.1) is 11.6 Å². The summed E-state index contributed by atoms with van der Waals surface area (Å²) in [6, 6.07) is 11.5. The van der Waals surface area contributed by atoms with Gasteiger partial charge in [-0.2, -0.15) is 4.31 Å². The molecule has 7 heteroatoms. The molecule has 0 radical (unpaired) electrons. The summed E-state index contributed by atoms with van der Waals surface area (Å²) in [5, 5.41) is 0. The Labute approximate surface area is 147 Å². The van der Waals surface area contributed by atoms with Crippen molar-refractivity contribution in [3.05, 3.63) is 71.3 Å². The highest BCUT2D eigenvalue weighted by Crippen LogP contribution is 2.17. The van der Waals surface area contributed by atoms with Gasteiger partial charge >= 0.3 is 0 Å². The number of hydrogen-bond donors (Lipinski definition) is 0. The molecule has 136 valence electrons. The summed E-state index contributed by atoms with van der Waals surface area (Å²) in [5.41, 5.74) is 0.814. The van der Waals surface area contributed by atoms with Gasteiger partial charge in [0.25, 0.3) is 0 Å². The molecule has 2 aromatic rings. The van der Waals surface area contributed by atoms with Gasteiger partial charge < -0.3 is 4.90 Å². The van der Waals surface area contributed by atoms with Crippen molar-refractivity contribution >= 4 is 10.0 Å². The number of hydrogen-bond acceptors (Lipinski definition) is 3. The van der Waals surface area contributed by atoms with Crippen LogP contribution in [0.3, 0.4) is 0 Å². The van der Waals surface area contributed by atoms with E-state index in [0.717, 1.165) is 0 Å². The Morgan fingerprint density at radius 1 is 0.920 bits per heavy atom. The molecule has 0 heterocycles. The molecule has 0 N–H and O–H groups in total. The molecule has 0 aliphatic rings. The summed E-state index contributed by atoms with van der Waals surface area (Å²) < 4.78 is 53.8. The SMILES string of the molecule is CN(C)CCN(Cc1ccccc1F)S(=O)(=O)Cc1ccc(F)cc1. The minimum Gasteiger partial charge on any atom is -0.308 e. The van der Waals surface area contributed by atoms with Crippen molar-refractivity contribution in [2.45, 2.75) is 12.3 Å². The van der Waals surface area contributed by atoms with Crippen LogP contribution in [0.5, 0.6) is 0 Å². The van der Waals surface area contributed by atoms with Crippen LogP contribution in [0.15, 0.2) is 48.5 Å². The van der Waals surface area contributed by atoms with E-state index in [1.165, 1.54) is 34.6 Å². The molecule has 0 saturated carbocycles. The van der Waals surface area contributed by atoms with E-state index < -0.39 is 21.7 Å². The molecule has 4 nitrogen and oxygen atoms in total. The van der Waals surface area contributed by atoms with E-state index >= 15 is 0 Å². The molecule has 0 saturated heterocycles. The zero-order valence-electron chi connectivity index (χ0n) is 14.3. The molecule has 0 bridgehead atoms. The monoisotopic (exact) mass is 368 g/mol. The number of rotatable bonds is 8. The van der Waals surface area contributed by atoms with Crippen LogP contribution in [0.1, 0.15) is 11.1 Å². The Bertz CT molecular complexity index is 793. The van der Waals surface area contributed by atoms with Crippen molar-refractivity contribution in [3.63, 3.8) is 0 Å². The molecule has 25 heavy (non-hydrogen) atoms. The van der Waals surface area contributed by atoms with E-state index in [-0.39, 0.29) is 18.8 Å². The first-order valence-corrected chi connectivity index (χ1v) is 9.49. The smallest absolute Gasteiger partial charge is 0.218 e. The highest BCUT2D eigenvalue weighted by Gasteiger charge is 2.24. The largest absolute Gasteiger partial charge is 0.308 e. The maximum Gasteiger partial charge on any atom is 0.218 e. The Balaban J connectivity index is 2.23. The van der Waals surface area contributed by atoms with Gasteiger partial charge in [-0.15, -0.1) is 0 Å². The lowest BCUT2D eigenvalue weighted by molar-refractivity contribution is 0.326. The number of halogens is 2. The van der Waals surface area contributed by atoms with Gasteiger partial charge in [-0.25, -0.2) is 17.2 Å². The van der Waals surface area contributed by atoms with Crippen LogP contribution in [-0.2, 0) is 22.3 Å². The maximum atomic E-state index is 13.9. The maximum absolute atomic E-state index is 13.9. The quantitative estimate of drug-likeness (QED) is 0.719. The third-order valence-corrected chi connectivity index (χ3v) is 5.55. The second-order valence-corrected chi connectivity index (χ2v) is 8.08. The Morgan fingerprint density at radius 3 is 2.16 bits per heavy atom. The van der Waals surface area contributed by atoms with Gasteiger partial charge in [-0.05, 0) is 37.9 Å². The Hall–Kier alpha value is -1.83. The zero-order valence-corrected chi connectivity index (χ0v) is 15.1. The van der Waals surface area contributed by atoms with Gasteiger partial charge in [0.15, 0.2) is 0 Å². The molecule has 0 unspecified atom stereocenters. The summed E-state index contributed by atoms with van der Waals surface area (Å²) >= 11 is 0. The standard InChI is InChI=1S/C18H22F2N2O2S/c1-21(2)11-12-22(13-16-5-3-4-6-18(16)20)25(23,24)14-15-7-9-17(19)10-8-15/h3-10H,11-14H2,1-2H3. The number of nitrogens with zero attached hydrogens (tertiary/aromatic N) is 2. The molecule has 0 amide bonds. The van der Waals surface area contributed by atoms with E-state index in [1.54, 1.807) is 18.2 Å². The van der Waals surface area contributed by atoms with Gasteiger partial charge in [0.2, 0.25) is 10.0 Å². The fourth-order valence-corrected chi connectivity index (χ4v) is 3.82.